The maximum atomic E-state index is 12.9. The van der Waals surface area contributed by atoms with Crippen LogP contribution in [-0.4, -0.2) is 67.6 Å². The number of hydrogen-bond donors (Lipinski definition) is 3. The zero-order chi connectivity index (χ0) is 21.8. The van der Waals surface area contributed by atoms with E-state index in [2.05, 4.69) is 31.5 Å². The van der Waals surface area contributed by atoms with Crippen LogP contribution >= 0.6 is 0 Å². The highest BCUT2D eigenvalue weighted by Crippen LogP contribution is 2.34. The first-order chi connectivity index (χ1) is 15.6. The van der Waals surface area contributed by atoms with Gasteiger partial charge in [-0.1, -0.05) is 0 Å². The van der Waals surface area contributed by atoms with Crippen LogP contribution in [0, 0.1) is 0 Å². The molecule has 1 amide bonds. The fourth-order valence-corrected chi connectivity index (χ4v) is 4.29. The van der Waals surface area contributed by atoms with Crippen molar-refractivity contribution in [3.63, 3.8) is 0 Å². The van der Waals surface area contributed by atoms with Gasteiger partial charge in [-0.25, -0.2) is 9.97 Å². The molecule has 10 heteroatoms. The molecule has 6 rings (SSSR count). The normalized spacial score (nSPS) is 20.8. The molecule has 1 saturated heterocycles. The molecule has 4 aromatic heterocycles. The topological polar surface area (TPSA) is 119 Å². The Bertz CT molecular complexity index is 1340. The second-order valence-corrected chi connectivity index (χ2v) is 8.31. The zero-order valence-corrected chi connectivity index (χ0v) is 17.5. The molecule has 2 fully saturated rings. The summed E-state index contributed by atoms with van der Waals surface area (Å²) in [5.74, 6) is 0.427. The fourth-order valence-electron chi connectivity index (χ4n) is 4.29. The molecule has 164 valence electrons. The summed E-state index contributed by atoms with van der Waals surface area (Å²) in [6.45, 7) is 1.32. The number of rotatable bonds is 5. The number of fused-ring (bicyclic) bond motifs is 2. The molecule has 10 nitrogen and oxygen atoms in total. The molecule has 2 aliphatic rings. The molecule has 0 bridgehead atoms. The van der Waals surface area contributed by atoms with Gasteiger partial charge in [0, 0.05) is 36.5 Å². The number of carbonyl (C=O) groups excluding carboxylic acids is 1. The van der Waals surface area contributed by atoms with E-state index >= 15 is 0 Å². The van der Waals surface area contributed by atoms with Crippen molar-refractivity contribution in [2.24, 2.45) is 0 Å². The third kappa shape index (κ3) is 2.87. The monoisotopic (exact) mass is 433 g/mol. The lowest BCUT2D eigenvalue weighted by atomic mass is 9.89. The molecule has 32 heavy (non-hydrogen) atoms. The number of carbonyl (C=O) groups is 1. The van der Waals surface area contributed by atoms with E-state index in [4.69, 9.17) is 9.72 Å². The van der Waals surface area contributed by atoms with E-state index in [9.17, 15) is 9.90 Å². The number of aromatic nitrogens is 5. The third-order valence-electron chi connectivity index (χ3n) is 6.41. The standard InChI is InChI=1S/C22H23N7O3/c1-23-19-7-17(15-9-28(12-10-32-11-12)20-13(15)3-2-6-24-20)26-21-14(8-25-29(19)21)22(31)27-16-4-5-18(16)30/h2-3,6-9,12,16,18,23,30H,4-5,10-11H2,1H3,(H,27,31)/t16-,18-/m1/s1. The van der Waals surface area contributed by atoms with E-state index in [1.165, 1.54) is 6.20 Å². The fraction of sp³-hybridized carbons (Fsp3) is 0.364. The van der Waals surface area contributed by atoms with Crippen LogP contribution in [0.3, 0.4) is 0 Å². The molecule has 0 spiro atoms. The van der Waals surface area contributed by atoms with E-state index in [1.807, 2.05) is 18.2 Å². The lowest BCUT2D eigenvalue weighted by Gasteiger charge is -2.32. The second kappa shape index (κ2) is 7.28. The Hall–Kier alpha value is -3.50. The Labute approximate surface area is 183 Å². The Morgan fingerprint density at radius 2 is 2.16 bits per heavy atom. The first kappa shape index (κ1) is 19.2. The highest BCUT2D eigenvalue weighted by Gasteiger charge is 2.31. The maximum absolute atomic E-state index is 12.9. The first-order valence-corrected chi connectivity index (χ1v) is 10.7. The van der Waals surface area contributed by atoms with Gasteiger partial charge in [-0.2, -0.15) is 9.61 Å². The molecule has 2 atom stereocenters. The van der Waals surface area contributed by atoms with Gasteiger partial charge in [0.15, 0.2) is 5.65 Å². The molecule has 4 aromatic rings. The molecule has 1 saturated carbocycles. The Morgan fingerprint density at radius 1 is 1.28 bits per heavy atom. The number of amides is 1. The molecule has 1 aliphatic carbocycles. The first-order valence-electron chi connectivity index (χ1n) is 10.7. The smallest absolute Gasteiger partial charge is 0.257 e. The Morgan fingerprint density at radius 3 is 2.84 bits per heavy atom. The van der Waals surface area contributed by atoms with Gasteiger partial charge in [-0.15, -0.1) is 0 Å². The average Bonchev–Trinajstić information content (AvgIpc) is 3.37. The highest BCUT2D eigenvalue weighted by molar-refractivity contribution is 6.01. The number of aliphatic hydroxyl groups excluding tert-OH is 1. The van der Waals surface area contributed by atoms with Gasteiger partial charge in [0.2, 0.25) is 0 Å². The van der Waals surface area contributed by atoms with Gasteiger partial charge in [-0.3, -0.25) is 4.79 Å². The summed E-state index contributed by atoms with van der Waals surface area (Å²) >= 11 is 0. The second-order valence-electron chi connectivity index (χ2n) is 8.31. The van der Waals surface area contributed by atoms with Crippen LogP contribution in [0.2, 0.25) is 0 Å². The van der Waals surface area contributed by atoms with Crippen molar-refractivity contribution in [1.29, 1.82) is 0 Å². The molecular formula is C22H23N7O3. The van der Waals surface area contributed by atoms with Gasteiger partial charge >= 0.3 is 0 Å². The number of hydrogen-bond acceptors (Lipinski definition) is 7. The van der Waals surface area contributed by atoms with Crippen LogP contribution in [0.1, 0.15) is 29.2 Å². The predicted octanol–water partition coefficient (Wildman–Crippen LogP) is 1.61. The lowest BCUT2D eigenvalue weighted by Crippen LogP contribution is -2.50. The SMILES string of the molecule is CNc1cc(-c2cn(C3COC3)c3ncccc23)nc2c(C(=O)N[C@@H]3CC[C@H]3O)cnn12. The molecule has 1 aliphatic heterocycles. The van der Waals surface area contributed by atoms with Crippen LogP contribution in [0.4, 0.5) is 5.82 Å². The summed E-state index contributed by atoms with van der Waals surface area (Å²) in [4.78, 5) is 22.3. The molecule has 0 aromatic carbocycles. The van der Waals surface area contributed by atoms with Crippen molar-refractivity contribution in [3.05, 3.63) is 42.4 Å². The van der Waals surface area contributed by atoms with E-state index in [1.54, 1.807) is 17.8 Å². The number of pyridine rings is 1. The van der Waals surface area contributed by atoms with Gasteiger partial charge in [-0.05, 0) is 25.0 Å². The van der Waals surface area contributed by atoms with Crippen molar-refractivity contribution in [3.8, 4) is 11.3 Å². The number of ether oxygens (including phenoxy) is 1. The zero-order valence-electron chi connectivity index (χ0n) is 17.5. The number of nitrogens with one attached hydrogen (secondary N) is 2. The van der Waals surface area contributed by atoms with Crippen molar-refractivity contribution in [2.45, 2.75) is 31.0 Å². The summed E-state index contributed by atoms with van der Waals surface area (Å²) in [5, 5.41) is 21.2. The molecule has 5 heterocycles. The summed E-state index contributed by atoms with van der Waals surface area (Å²) in [6.07, 6.45) is 6.34. The van der Waals surface area contributed by atoms with Crippen LogP contribution in [-0.2, 0) is 4.74 Å². The average molecular weight is 433 g/mol. The van der Waals surface area contributed by atoms with E-state index in [-0.39, 0.29) is 18.0 Å². The van der Waals surface area contributed by atoms with Crippen molar-refractivity contribution >= 4 is 28.4 Å². The van der Waals surface area contributed by atoms with Gasteiger partial charge < -0.3 is 25.0 Å². The predicted molar refractivity (Wildman–Crippen MR) is 118 cm³/mol. The van der Waals surface area contributed by atoms with Crippen LogP contribution < -0.4 is 10.6 Å². The quantitative estimate of drug-likeness (QED) is 0.438. The third-order valence-corrected chi connectivity index (χ3v) is 6.41. The molecular weight excluding hydrogens is 410 g/mol. The van der Waals surface area contributed by atoms with Crippen molar-refractivity contribution < 1.29 is 14.6 Å². The summed E-state index contributed by atoms with van der Waals surface area (Å²) < 4.78 is 9.14. The van der Waals surface area contributed by atoms with Gasteiger partial charge in [0.1, 0.15) is 17.0 Å². The molecule has 0 radical (unpaired) electrons. The summed E-state index contributed by atoms with van der Waals surface area (Å²) in [5.41, 5.74) is 3.36. The van der Waals surface area contributed by atoms with Crippen molar-refractivity contribution in [2.75, 3.05) is 25.6 Å². The van der Waals surface area contributed by atoms with Gasteiger partial charge in [0.05, 0.1) is 43.3 Å². The summed E-state index contributed by atoms with van der Waals surface area (Å²) in [6, 6.07) is 5.88. The van der Waals surface area contributed by atoms with E-state index in [0.717, 1.165) is 28.7 Å². The number of nitrogens with zero attached hydrogens (tertiary/aromatic N) is 5. The largest absolute Gasteiger partial charge is 0.391 e. The maximum Gasteiger partial charge on any atom is 0.257 e. The van der Waals surface area contributed by atoms with Crippen LogP contribution in [0.5, 0.6) is 0 Å². The van der Waals surface area contributed by atoms with Crippen LogP contribution in [0.15, 0.2) is 36.8 Å². The Balaban J connectivity index is 1.48. The lowest BCUT2D eigenvalue weighted by molar-refractivity contribution is -0.0215. The Kier molecular flexibility index (Phi) is 4.37. The van der Waals surface area contributed by atoms with E-state index < -0.39 is 6.10 Å². The van der Waals surface area contributed by atoms with Crippen LogP contribution in [0.25, 0.3) is 27.9 Å². The van der Waals surface area contributed by atoms with Gasteiger partial charge in [0.25, 0.3) is 5.91 Å². The van der Waals surface area contributed by atoms with Crippen molar-refractivity contribution in [1.82, 2.24) is 29.5 Å². The minimum atomic E-state index is -0.494. The molecule has 0 unspecified atom stereocenters. The highest BCUT2D eigenvalue weighted by atomic mass is 16.5. The van der Waals surface area contributed by atoms with E-state index in [0.29, 0.717) is 36.7 Å². The summed E-state index contributed by atoms with van der Waals surface area (Å²) in [7, 11) is 1.81. The minimum Gasteiger partial charge on any atom is -0.391 e. The molecule has 3 N–H and O–H groups in total. The number of aliphatic hydroxyl groups is 1. The number of anilines is 1. The minimum absolute atomic E-state index is 0.224.